The highest BCUT2D eigenvalue weighted by molar-refractivity contribution is 7.80. The maximum atomic E-state index is 13.3. The van der Waals surface area contributed by atoms with Gasteiger partial charge in [-0.05, 0) is 62.6 Å². The molecule has 0 aliphatic heterocycles. The summed E-state index contributed by atoms with van der Waals surface area (Å²) >= 11 is -2.28. The summed E-state index contributed by atoms with van der Waals surface area (Å²) in [4.78, 5) is 97.0. The third-order valence-electron chi connectivity index (χ3n) is 10.1. The lowest BCUT2D eigenvalue weighted by Crippen LogP contribution is -2.50. The zero-order valence-corrected chi connectivity index (χ0v) is 35.9. The fraction of sp³-hybridized carbons (Fsp3) is 0.526. The lowest BCUT2D eigenvalue weighted by Gasteiger charge is -2.34. The molecule has 0 aliphatic rings. The number of benzene rings is 1. The van der Waals surface area contributed by atoms with Crippen molar-refractivity contribution < 1.29 is 77.8 Å². The number of amides is 2. The van der Waals surface area contributed by atoms with Crippen molar-refractivity contribution in [3.05, 3.63) is 53.6 Å². The number of carbonyl (C=O) groups is 8. The monoisotopic (exact) mass is 936 g/mol. The van der Waals surface area contributed by atoms with Crippen molar-refractivity contribution in [3.63, 3.8) is 0 Å². The van der Waals surface area contributed by atoms with Crippen molar-refractivity contribution >= 4 is 64.6 Å². The van der Waals surface area contributed by atoms with Crippen LogP contribution < -0.4 is 15.4 Å². The maximum absolute atomic E-state index is 13.3. The van der Waals surface area contributed by atoms with E-state index in [2.05, 4.69) is 36.0 Å². The van der Waals surface area contributed by atoms with E-state index in [1.807, 2.05) is 4.90 Å². The van der Waals surface area contributed by atoms with E-state index in [-0.39, 0.29) is 51.6 Å². The van der Waals surface area contributed by atoms with Crippen LogP contribution in [-0.2, 0) is 82.2 Å². The quantitative estimate of drug-likeness (QED) is 0.0373. The minimum absolute atomic E-state index is 0.108. The van der Waals surface area contributed by atoms with Crippen LogP contribution in [0.4, 0.5) is 5.69 Å². The third-order valence-corrected chi connectivity index (χ3v) is 10.6. The summed E-state index contributed by atoms with van der Waals surface area (Å²) in [6.45, 7) is -0.324. The van der Waals surface area contributed by atoms with Crippen molar-refractivity contribution in [2.24, 2.45) is 0 Å². The molecule has 2 amide bonds. The van der Waals surface area contributed by atoms with E-state index in [9.17, 15) is 73.2 Å². The number of hydrogen-bond acceptors (Lipinski definition) is 14. The summed E-state index contributed by atoms with van der Waals surface area (Å²) in [7, 11) is 0. The van der Waals surface area contributed by atoms with Gasteiger partial charge in [0.1, 0.15) is 13.1 Å². The zero-order chi connectivity index (χ0) is 48.2. The Kier molecular flexibility index (Phi) is 20.5. The second-order valence-electron chi connectivity index (χ2n) is 15.3. The van der Waals surface area contributed by atoms with Crippen molar-refractivity contribution in [2.45, 2.75) is 121 Å². The van der Waals surface area contributed by atoms with Gasteiger partial charge in [-0.25, -0.2) is 13.6 Å². The van der Waals surface area contributed by atoms with Gasteiger partial charge in [-0.3, -0.25) is 52.5 Å². The summed E-state index contributed by atoms with van der Waals surface area (Å²) in [5.41, 5.74) is -0.957. The number of nitrogens with one attached hydrogen (secondary N) is 3. The summed E-state index contributed by atoms with van der Waals surface area (Å²) in [6, 6.07) is 6.70. The average molecular weight is 937 g/mol. The molecule has 27 heteroatoms. The molecule has 10 N–H and O–H groups in total. The molecule has 2 heterocycles. The Hall–Kier alpha value is -6.87. The molecule has 3 aromatic rings. The Morgan fingerprint density at radius 3 is 1.22 bits per heavy atom. The molecule has 3 rings (SSSR count). The van der Waals surface area contributed by atoms with Crippen molar-refractivity contribution in [1.82, 2.24) is 45.5 Å². The molecule has 0 radical (unpaired) electrons. The number of rotatable bonds is 33. The smallest absolute Gasteiger partial charge is 0.303 e. The summed E-state index contributed by atoms with van der Waals surface area (Å²) < 4.78 is 25.0. The van der Waals surface area contributed by atoms with Gasteiger partial charge >= 0.3 is 35.8 Å². The van der Waals surface area contributed by atoms with E-state index in [1.165, 1.54) is 21.8 Å². The highest BCUT2D eigenvalue weighted by Crippen LogP contribution is 2.28. The highest BCUT2D eigenvalue weighted by Gasteiger charge is 2.35. The average Bonchev–Trinajstić information content (AvgIpc) is 3.86. The normalized spacial score (nSPS) is 12.0. The van der Waals surface area contributed by atoms with Crippen molar-refractivity contribution in [1.29, 1.82) is 0 Å². The van der Waals surface area contributed by atoms with Crippen LogP contribution in [0.1, 0.15) is 94.0 Å². The van der Waals surface area contributed by atoms with Crippen LogP contribution in [0.15, 0.2) is 36.7 Å². The zero-order valence-electron chi connectivity index (χ0n) is 35.0. The van der Waals surface area contributed by atoms with E-state index >= 15 is 0 Å². The van der Waals surface area contributed by atoms with Crippen LogP contribution in [0.5, 0.6) is 0 Å². The summed E-state index contributed by atoms with van der Waals surface area (Å²) in [5.74, 6) is -8.75. The predicted octanol–water partition coefficient (Wildman–Crippen LogP) is 0.562. The number of carbonyl (C=O) groups excluding carboxylic acids is 2. The lowest BCUT2D eigenvalue weighted by atomic mass is 9.83. The SMILES string of the molecule is O=C(O)CCC(CCC(=O)O)(CCC(=O)O)NC(=O)Cn1cc(CN(CCc2ccc(NS(=O)O)cc2)Cc2cn(CC(=O)NC(CCC(=O)O)(CCC(=O)O)CCC(=O)O)nn2)nn1. The Balaban J connectivity index is 1.82. The third kappa shape index (κ3) is 20.5. The lowest BCUT2D eigenvalue weighted by molar-refractivity contribution is -0.141. The van der Waals surface area contributed by atoms with Gasteiger partial charge in [0.05, 0.1) is 23.8 Å². The van der Waals surface area contributed by atoms with Gasteiger partial charge < -0.3 is 41.3 Å². The minimum Gasteiger partial charge on any atom is -0.481 e. The van der Waals surface area contributed by atoms with Gasteiger partial charge in [-0.2, -0.15) is 0 Å². The fourth-order valence-electron chi connectivity index (χ4n) is 6.94. The predicted molar refractivity (Wildman–Crippen MR) is 222 cm³/mol. The molecular formula is C38H52N10O16S. The Morgan fingerprint density at radius 2 is 0.908 bits per heavy atom. The van der Waals surface area contributed by atoms with E-state index < -0.39 is 122 Å². The minimum atomic E-state index is -2.28. The van der Waals surface area contributed by atoms with Crippen LogP contribution in [-0.4, -0.2) is 140 Å². The van der Waals surface area contributed by atoms with Gasteiger partial charge in [0.2, 0.25) is 11.8 Å². The number of aliphatic carboxylic acids is 6. The van der Waals surface area contributed by atoms with Crippen LogP contribution in [0.3, 0.4) is 0 Å². The van der Waals surface area contributed by atoms with Gasteiger partial charge in [-0.15, -0.1) is 10.2 Å². The van der Waals surface area contributed by atoms with E-state index in [1.54, 1.807) is 24.3 Å². The molecule has 0 bridgehead atoms. The molecule has 0 saturated carbocycles. The number of hydrogen-bond donors (Lipinski definition) is 10. The van der Waals surface area contributed by atoms with Crippen molar-refractivity contribution in [3.8, 4) is 0 Å². The van der Waals surface area contributed by atoms with E-state index in [0.29, 0.717) is 30.0 Å². The number of anilines is 1. The first-order valence-corrected chi connectivity index (χ1v) is 21.1. The first-order valence-electron chi connectivity index (χ1n) is 20.0. The summed E-state index contributed by atoms with van der Waals surface area (Å²) in [6.07, 6.45) is -0.800. The molecule has 65 heavy (non-hydrogen) atoms. The van der Waals surface area contributed by atoms with Crippen molar-refractivity contribution in [2.75, 3.05) is 11.3 Å². The Bertz CT molecular complexity index is 1950. The molecule has 1 atom stereocenters. The molecule has 1 aromatic carbocycles. The molecular weight excluding hydrogens is 885 g/mol. The Labute approximate surface area is 372 Å². The first-order chi connectivity index (χ1) is 30.6. The van der Waals surface area contributed by atoms with E-state index in [4.69, 9.17) is 4.55 Å². The van der Waals surface area contributed by atoms with Crippen LogP contribution in [0, 0.1) is 0 Å². The topological polar surface area (TPSA) is 396 Å². The molecule has 2 aromatic heterocycles. The van der Waals surface area contributed by atoms with Gasteiger partial charge in [0.15, 0.2) is 0 Å². The fourth-order valence-corrected chi connectivity index (χ4v) is 7.28. The molecule has 0 aliphatic carbocycles. The molecule has 0 spiro atoms. The largest absolute Gasteiger partial charge is 0.481 e. The number of carboxylic acids is 6. The Morgan fingerprint density at radius 1 is 0.569 bits per heavy atom. The summed E-state index contributed by atoms with van der Waals surface area (Å²) in [5, 5.41) is 77.6. The molecule has 0 fully saturated rings. The molecule has 1 unspecified atom stereocenters. The second kappa shape index (κ2) is 25.4. The van der Waals surface area contributed by atoms with Crippen LogP contribution in [0.25, 0.3) is 0 Å². The first kappa shape index (κ1) is 52.5. The van der Waals surface area contributed by atoms with Crippen LogP contribution in [0.2, 0.25) is 0 Å². The highest BCUT2D eigenvalue weighted by atomic mass is 32.2. The molecule has 0 saturated heterocycles. The second-order valence-corrected chi connectivity index (χ2v) is 16.0. The van der Waals surface area contributed by atoms with Crippen LogP contribution >= 0.6 is 0 Å². The number of nitrogens with zero attached hydrogens (tertiary/aromatic N) is 7. The molecule has 356 valence electrons. The van der Waals surface area contributed by atoms with Gasteiger partial charge in [-0.1, -0.05) is 22.6 Å². The standard InChI is InChI=1S/C38H52N10O16S/c49-29(39-37(12-5-31(51)52,13-6-32(53)54)14-7-33(55)56)23-47-21-27(41-44-47)19-46(18-11-25-1-3-26(4-2-25)43-65(63)64)20-28-22-48(45-42-28)24-30(50)40-38(15-8-34(57)58,16-9-35(59)60)17-10-36(61)62/h1-4,21-22,43H,5-20,23-24H2,(H,39,49)(H,40,50)(H,51,52)(H,53,54)(H,55,56)(H,57,58)(H,59,60)(H,61,62)(H,63,64). The maximum Gasteiger partial charge on any atom is 0.303 e. The number of carboxylic acid groups (broad SMARTS) is 6. The van der Waals surface area contributed by atoms with Gasteiger partial charge in [0, 0.05) is 74.9 Å². The molecule has 26 nitrogen and oxygen atoms in total. The van der Waals surface area contributed by atoms with E-state index in [0.717, 1.165) is 5.56 Å². The van der Waals surface area contributed by atoms with Gasteiger partial charge in [0.25, 0.3) is 11.3 Å². The number of aromatic nitrogens is 6.